The van der Waals surface area contributed by atoms with Crippen LogP contribution in [0.3, 0.4) is 0 Å². The van der Waals surface area contributed by atoms with Crippen LogP contribution >= 0.6 is 0 Å². The number of hydrogen-bond acceptors (Lipinski definition) is 5. The number of benzene rings is 2. The molecule has 0 radical (unpaired) electrons. The predicted molar refractivity (Wildman–Crippen MR) is 110 cm³/mol. The maximum atomic E-state index is 11.2. The van der Waals surface area contributed by atoms with E-state index in [-0.39, 0.29) is 6.04 Å². The van der Waals surface area contributed by atoms with Gasteiger partial charge in [0.15, 0.2) is 11.9 Å². The highest BCUT2D eigenvalue weighted by molar-refractivity contribution is 6.06. The third kappa shape index (κ3) is 3.93. The fourth-order valence-corrected chi connectivity index (χ4v) is 3.86. The highest BCUT2D eigenvalue weighted by atomic mass is 16.5. The Balaban J connectivity index is 1.54. The quantitative estimate of drug-likeness (QED) is 0.630. The summed E-state index contributed by atoms with van der Waals surface area (Å²) in [6.45, 7) is 8.97. The van der Waals surface area contributed by atoms with Crippen molar-refractivity contribution >= 4 is 12.1 Å². The molecule has 0 aliphatic carbocycles. The smallest absolute Gasteiger partial charge is 0.301 e. The molecule has 1 saturated heterocycles. The normalized spacial score (nSPS) is 24.0. The van der Waals surface area contributed by atoms with E-state index in [0.717, 1.165) is 37.1 Å². The topological polar surface area (TPSA) is 75.5 Å². The number of para-hydroxylation sites is 1. The number of likely N-dealkylation sites (tertiary alicyclic amines) is 1. The molecule has 2 unspecified atom stereocenters. The first-order chi connectivity index (χ1) is 14.2. The van der Waals surface area contributed by atoms with Crippen LogP contribution in [-0.4, -0.2) is 53.4 Å². The van der Waals surface area contributed by atoms with E-state index in [4.69, 9.17) is 22.1 Å². The van der Waals surface area contributed by atoms with Crippen molar-refractivity contribution in [1.29, 1.82) is 0 Å². The number of carbonyl (C=O) groups excluding carboxylic acids is 1. The van der Waals surface area contributed by atoms with Gasteiger partial charge in [0, 0.05) is 18.7 Å². The fraction of sp³-hybridized carbons (Fsp3) is 0.318. The lowest BCUT2D eigenvalue weighted by Crippen LogP contribution is -2.52. The van der Waals surface area contributed by atoms with Crippen LogP contribution in [0.15, 0.2) is 59.7 Å². The molecule has 2 aromatic rings. The average Bonchev–Trinajstić information content (AvgIpc) is 3.11. The lowest BCUT2D eigenvalue weighted by atomic mass is 10.0. The molecule has 2 aromatic carbocycles. The molecule has 7 heteroatoms. The zero-order chi connectivity index (χ0) is 20.2. The SMILES string of the molecule is [C-]#[N+]C1C(c2ccc(Oc3ccccc3)cc2)=NN([C@@H]2CCCN(C=O)C2)C1N. The molecule has 2 heterocycles. The zero-order valence-electron chi connectivity index (χ0n) is 16.0. The molecule has 1 fully saturated rings. The van der Waals surface area contributed by atoms with Crippen molar-refractivity contribution < 1.29 is 9.53 Å². The third-order valence-corrected chi connectivity index (χ3v) is 5.35. The molecular formula is C22H23N5O2. The number of nitrogens with zero attached hydrogens (tertiary/aromatic N) is 4. The number of nitrogens with two attached hydrogens (primary N) is 1. The predicted octanol–water partition coefficient (Wildman–Crippen LogP) is 2.69. The van der Waals surface area contributed by atoms with Crippen molar-refractivity contribution in [3.8, 4) is 11.5 Å². The van der Waals surface area contributed by atoms with Crippen molar-refractivity contribution in [2.75, 3.05) is 13.1 Å². The lowest BCUT2D eigenvalue weighted by Gasteiger charge is -2.36. The second kappa shape index (κ2) is 8.33. The van der Waals surface area contributed by atoms with Gasteiger partial charge in [-0.2, -0.15) is 5.10 Å². The molecule has 3 atom stereocenters. The Hall–Kier alpha value is -3.37. The van der Waals surface area contributed by atoms with Crippen LogP contribution in [0.4, 0.5) is 0 Å². The number of carbonyl (C=O) groups is 1. The summed E-state index contributed by atoms with van der Waals surface area (Å²) in [5.74, 6) is 1.48. The van der Waals surface area contributed by atoms with Crippen LogP contribution in [0, 0.1) is 6.57 Å². The highest BCUT2D eigenvalue weighted by Crippen LogP contribution is 2.28. The zero-order valence-corrected chi connectivity index (χ0v) is 16.0. The summed E-state index contributed by atoms with van der Waals surface area (Å²) in [6.07, 6.45) is 2.17. The first-order valence-electron chi connectivity index (χ1n) is 9.71. The first kappa shape index (κ1) is 19.0. The van der Waals surface area contributed by atoms with Gasteiger partial charge in [0.2, 0.25) is 6.41 Å². The summed E-state index contributed by atoms with van der Waals surface area (Å²) in [7, 11) is 0. The van der Waals surface area contributed by atoms with Crippen LogP contribution in [0.25, 0.3) is 4.85 Å². The highest BCUT2D eigenvalue weighted by Gasteiger charge is 2.44. The summed E-state index contributed by atoms with van der Waals surface area (Å²) < 4.78 is 5.84. The summed E-state index contributed by atoms with van der Waals surface area (Å²) >= 11 is 0. The lowest BCUT2D eigenvalue weighted by molar-refractivity contribution is -0.120. The maximum absolute atomic E-state index is 11.2. The van der Waals surface area contributed by atoms with Gasteiger partial charge in [-0.15, -0.1) is 0 Å². The van der Waals surface area contributed by atoms with E-state index >= 15 is 0 Å². The molecule has 148 valence electrons. The Morgan fingerprint density at radius 2 is 1.86 bits per heavy atom. The van der Waals surface area contributed by atoms with Crippen LogP contribution in [0.2, 0.25) is 0 Å². The summed E-state index contributed by atoms with van der Waals surface area (Å²) in [4.78, 5) is 16.6. The molecule has 0 aromatic heterocycles. The van der Waals surface area contributed by atoms with Crippen molar-refractivity contribution in [2.45, 2.75) is 31.1 Å². The van der Waals surface area contributed by atoms with Crippen molar-refractivity contribution in [1.82, 2.24) is 9.91 Å². The van der Waals surface area contributed by atoms with Gasteiger partial charge in [-0.1, -0.05) is 18.2 Å². The second-order valence-corrected chi connectivity index (χ2v) is 7.27. The van der Waals surface area contributed by atoms with Gasteiger partial charge in [0.05, 0.1) is 6.04 Å². The van der Waals surface area contributed by atoms with Crippen LogP contribution in [0.1, 0.15) is 18.4 Å². The van der Waals surface area contributed by atoms with E-state index in [0.29, 0.717) is 18.0 Å². The van der Waals surface area contributed by atoms with Gasteiger partial charge in [-0.05, 0) is 49.2 Å². The standard InChI is InChI=1S/C22H23N5O2/c1-24-21-20(25-27(22(21)23)17-6-5-13-26(14-17)15-28)16-9-11-19(12-10-16)29-18-7-3-2-4-8-18/h2-4,7-12,15,17,21-22H,5-6,13-14,23H2/t17-,21?,22?/m1/s1. The Morgan fingerprint density at radius 3 is 2.55 bits per heavy atom. The summed E-state index contributed by atoms with van der Waals surface area (Å²) in [6, 6.07) is 16.6. The number of amides is 1. The largest absolute Gasteiger partial charge is 0.457 e. The van der Waals surface area contributed by atoms with Gasteiger partial charge in [-0.25, -0.2) is 6.57 Å². The molecule has 7 nitrogen and oxygen atoms in total. The number of ether oxygens (including phenoxy) is 1. The Kier molecular flexibility index (Phi) is 5.45. The van der Waals surface area contributed by atoms with E-state index in [1.807, 2.05) is 59.6 Å². The van der Waals surface area contributed by atoms with Crippen molar-refractivity contribution in [2.24, 2.45) is 10.8 Å². The van der Waals surface area contributed by atoms with E-state index < -0.39 is 12.2 Å². The number of rotatable bonds is 5. The molecule has 0 bridgehead atoms. The first-order valence-corrected chi connectivity index (χ1v) is 9.71. The Morgan fingerprint density at radius 1 is 1.14 bits per heavy atom. The molecule has 2 aliphatic rings. The molecule has 2 N–H and O–H groups in total. The number of hydrogen-bond donors (Lipinski definition) is 1. The van der Waals surface area contributed by atoms with Crippen molar-refractivity contribution in [3.63, 3.8) is 0 Å². The van der Waals surface area contributed by atoms with Crippen LogP contribution in [-0.2, 0) is 4.79 Å². The van der Waals surface area contributed by atoms with Gasteiger partial charge < -0.3 is 20.2 Å². The molecule has 1 amide bonds. The van der Waals surface area contributed by atoms with E-state index in [9.17, 15) is 4.79 Å². The van der Waals surface area contributed by atoms with Crippen molar-refractivity contribution in [3.05, 3.63) is 71.6 Å². The molecule has 0 spiro atoms. The minimum Gasteiger partial charge on any atom is -0.457 e. The van der Waals surface area contributed by atoms with Crippen LogP contribution in [0.5, 0.6) is 11.5 Å². The van der Waals surface area contributed by atoms with Gasteiger partial charge in [0.1, 0.15) is 11.5 Å². The van der Waals surface area contributed by atoms with Gasteiger partial charge in [0.25, 0.3) is 0 Å². The molecule has 0 saturated carbocycles. The van der Waals surface area contributed by atoms with Crippen LogP contribution < -0.4 is 10.5 Å². The number of hydrazone groups is 1. The molecule has 4 rings (SSSR count). The van der Waals surface area contributed by atoms with E-state index in [2.05, 4.69) is 4.85 Å². The van der Waals surface area contributed by atoms with Gasteiger partial charge >= 0.3 is 6.04 Å². The Bertz CT molecular complexity index is 922. The third-order valence-electron chi connectivity index (χ3n) is 5.35. The Labute approximate surface area is 170 Å². The van der Waals surface area contributed by atoms with E-state index in [1.54, 1.807) is 4.90 Å². The minimum atomic E-state index is -0.539. The molecular weight excluding hydrogens is 366 g/mol. The molecule has 2 aliphatic heterocycles. The van der Waals surface area contributed by atoms with E-state index in [1.165, 1.54) is 0 Å². The fourth-order valence-electron chi connectivity index (χ4n) is 3.86. The van der Waals surface area contributed by atoms with Gasteiger partial charge in [-0.3, -0.25) is 9.80 Å². The minimum absolute atomic E-state index is 0.0337. The average molecular weight is 389 g/mol. The molecule has 29 heavy (non-hydrogen) atoms. The second-order valence-electron chi connectivity index (χ2n) is 7.27. The monoisotopic (exact) mass is 389 g/mol. The summed E-state index contributed by atoms with van der Waals surface area (Å²) in [5, 5.41) is 6.55. The maximum Gasteiger partial charge on any atom is 0.301 e. The summed E-state index contributed by atoms with van der Waals surface area (Å²) in [5.41, 5.74) is 7.90. The number of piperidine rings is 1.